The van der Waals surface area contributed by atoms with Gasteiger partial charge in [-0.3, -0.25) is 4.79 Å². The lowest BCUT2D eigenvalue weighted by molar-refractivity contribution is -0.310. The number of carbonyl (C=O) groups is 1. The fourth-order valence-corrected chi connectivity index (χ4v) is 1.48. The minimum absolute atomic E-state index is 0.421. The zero-order valence-corrected chi connectivity index (χ0v) is 8.58. The van der Waals surface area contributed by atoms with Crippen LogP contribution >= 0.6 is 0 Å². The van der Waals surface area contributed by atoms with Gasteiger partial charge in [0, 0.05) is 5.39 Å². The van der Waals surface area contributed by atoms with Crippen LogP contribution in [0.5, 0.6) is 0 Å². The van der Waals surface area contributed by atoms with Gasteiger partial charge in [0.05, 0.1) is 23.6 Å². The first-order valence-electron chi connectivity index (χ1n) is 4.78. The number of hydrogen-bond acceptors (Lipinski definition) is 4. The number of carboxylic acids is 1. The minimum atomic E-state index is -1.33. The molecule has 0 aliphatic carbocycles. The Morgan fingerprint density at radius 2 is 2.12 bits per heavy atom. The number of aliphatic carboxylic acids is 1. The number of fused-ring (bicyclic) bond motifs is 1. The second kappa shape index (κ2) is 3.77. The summed E-state index contributed by atoms with van der Waals surface area (Å²) >= 11 is 0. The zero-order valence-electron chi connectivity index (χ0n) is 8.58. The molecular weight excluding hydrogens is 208 g/mol. The van der Waals surface area contributed by atoms with Gasteiger partial charge in [-0.15, -0.1) is 0 Å². The highest BCUT2D eigenvalue weighted by Crippen LogP contribution is 2.08. The van der Waals surface area contributed by atoms with Crippen LogP contribution in [0.1, 0.15) is 13.0 Å². The average Bonchev–Trinajstić information content (AvgIpc) is 2.29. The van der Waals surface area contributed by atoms with Crippen LogP contribution in [0.2, 0.25) is 0 Å². The van der Waals surface area contributed by atoms with Crippen molar-refractivity contribution in [2.24, 2.45) is 0 Å². The number of aromatic nitrogens is 2. The lowest BCUT2D eigenvalue weighted by Crippen LogP contribution is -2.37. The third-order valence-corrected chi connectivity index (χ3v) is 2.43. The SMILES string of the molecule is C[C@H](C(=O)[O-])n1ncc2ccccc2c1=O. The van der Waals surface area contributed by atoms with E-state index in [0.717, 1.165) is 4.68 Å². The second-order valence-electron chi connectivity index (χ2n) is 3.48. The van der Waals surface area contributed by atoms with E-state index in [1.165, 1.54) is 13.1 Å². The van der Waals surface area contributed by atoms with Crippen molar-refractivity contribution >= 4 is 16.7 Å². The topological polar surface area (TPSA) is 75.0 Å². The Morgan fingerprint density at radius 3 is 2.81 bits per heavy atom. The Kier molecular flexibility index (Phi) is 2.44. The third-order valence-electron chi connectivity index (χ3n) is 2.43. The number of carboxylic acid groups (broad SMARTS) is 1. The highest BCUT2D eigenvalue weighted by Gasteiger charge is 2.10. The Balaban J connectivity index is 2.70. The zero-order chi connectivity index (χ0) is 11.7. The maximum Gasteiger partial charge on any atom is 0.275 e. The van der Waals surface area contributed by atoms with Crippen LogP contribution in [0.3, 0.4) is 0 Å². The monoisotopic (exact) mass is 217 g/mol. The molecule has 0 saturated carbocycles. The van der Waals surface area contributed by atoms with Crippen molar-refractivity contribution in [3.63, 3.8) is 0 Å². The summed E-state index contributed by atoms with van der Waals surface area (Å²) in [5.74, 6) is -1.33. The van der Waals surface area contributed by atoms with Gasteiger partial charge < -0.3 is 9.90 Å². The first-order chi connectivity index (χ1) is 7.61. The van der Waals surface area contributed by atoms with Gasteiger partial charge in [0.1, 0.15) is 0 Å². The summed E-state index contributed by atoms with van der Waals surface area (Å²) in [5.41, 5.74) is -0.421. The van der Waals surface area contributed by atoms with Gasteiger partial charge in [-0.1, -0.05) is 18.2 Å². The van der Waals surface area contributed by atoms with E-state index in [2.05, 4.69) is 5.10 Å². The van der Waals surface area contributed by atoms with Crippen molar-refractivity contribution in [1.29, 1.82) is 0 Å². The highest BCUT2D eigenvalue weighted by molar-refractivity contribution is 5.80. The van der Waals surface area contributed by atoms with Gasteiger partial charge in [-0.2, -0.15) is 5.10 Å². The van der Waals surface area contributed by atoms with Crippen molar-refractivity contribution in [3.05, 3.63) is 40.8 Å². The van der Waals surface area contributed by atoms with Gasteiger partial charge in [0.2, 0.25) is 0 Å². The van der Waals surface area contributed by atoms with E-state index in [1.807, 2.05) is 0 Å². The Bertz CT molecular complexity index is 603. The molecular formula is C11H9N2O3-. The highest BCUT2D eigenvalue weighted by atomic mass is 16.4. The maximum absolute atomic E-state index is 11.9. The number of benzene rings is 1. The van der Waals surface area contributed by atoms with Gasteiger partial charge >= 0.3 is 0 Å². The summed E-state index contributed by atoms with van der Waals surface area (Å²) in [6, 6.07) is 5.82. The first-order valence-corrected chi connectivity index (χ1v) is 4.78. The van der Waals surface area contributed by atoms with Crippen LogP contribution in [0.25, 0.3) is 10.8 Å². The molecule has 0 aliphatic rings. The quantitative estimate of drug-likeness (QED) is 0.692. The number of rotatable bonds is 2. The second-order valence-corrected chi connectivity index (χ2v) is 3.48. The normalized spacial score (nSPS) is 12.6. The molecule has 2 aromatic rings. The smallest absolute Gasteiger partial charge is 0.275 e. The lowest BCUT2D eigenvalue weighted by atomic mass is 10.2. The van der Waals surface area contributed by atoms with E-state index >= 15 is 0 Å². The standard InChI is InChI=1S/C11H10N2O3/c1-7(11(15)16)13-10(14)9-5-3-2-4-8(9)6-12-13/h2-7H,1H3,(H,15,16)/p-1/t7-/m1/s1. The minimum Gasteiger partial charge on any atom is -0.548 e. The van der Waals surface area contributed by atoms with E-state index in [-0.39, 0.29) is 0 Å². The van der Waals surface area contributed by atoms with Gasteiger partial charge in [-0.05, 0) is 13.0 Å². The lowest BCUT2D eigenvalue weighted by Gasteiger charge is -2.14. The molecule has 1 aromatic heterocycles. The van der Waals surface area contributed by atoms with E-state index in [0.29, 0.717) is 10.8 Å². The van der Waals surface area contributed by atoms with Crippen molar-refractivity contribution in [2.75, 3.05) is 0 Å². The maximum atomic E-state index is 11.9. The fourth-order valence-electron chi connectivity index (χ4n) is 1.48. The molecule has 0 bridgehead atoms. The average molecular weight is 217 g/mol. The molecule has 0 fully saturated rings. The van der Waals surface area contributed by atoms with E-state index in [9.17, 15) is 14.7 Å². The number of nitrogens with zero attached hydrogens (tertiary/aromatic N) is 2. The van der Waals surface area contributed by atoms with E-state index in [1.54, 1.807) is 24.3 Å². The molecule has 1 atom stereocenters. The predicted octanol–water partition coefficient (Wildman–Crippen LogP) is -0.293. The number of carbonyl (C=O) groups excluding carboxylic acids is 1. The summed E-state index contributed by atoms with van der Waals surface area (Å²) in [6.45, 7) is 1.36. The van der Waals surface area contributed by atoms with Crippen molar-refractivity contribution in [1.82, 2.24) is 9.78 Å². The molecule has 1 aromatic carbocycles. The molecule has 0 N–H and O–H groups in total. The third kappa shape index (κ3) is 1.56. The Labute approximate surface area is 90.9 Å². The molecule has 0 radical (unpaired) electrons. The van der Waals surface area contributed by atoms with Crippen molar-refractivity contribution in [3.8, 4) is 0 Å². The van der Waals surface area contributed by atoms with Crippen LogP contribution in [0.4, 0.5) is 0 Å². The molecule has 0 unspecified atom stereocenters. The van der Waals surface area contributed by atoms with Gasteiger partial charge in [0.15, 0.2) is 0 Å². The van der Waals surface area contributed by atoms with Crippen molar-refractivity contribution in [2.45, 2.75) is 13.0 Å². The summed E-state index contributed by atoms with van der Waals surface area (Å²) in [7, 11) is 0. The van der Waals surface area contributed by atoms with Crippen LogP contribution in [-0.2, 0) is 4.79 Å². The largest absolute Gasteiger partial charge is 0.548 e. The molecule has 1 heterocycles. The molecule has 0 spiro atoms. The predicted molar refractivity (Wildman–Crippen MR) is 55.7 cm³/mol. The summed E-state index contributed by atoms with van der Waals surface area (Å²) < 4.78 is 0.914. The summed E-state index contributed by atoms with van der Waals surface area (Å²) in [5, 5.41) is 15.6. The van der Waals surface area contributed by atoms with Crippen LogP contribution < -0.4 is 10.7 Å². The molecule has 5 nitrogen and oxygen atoms in total. The molecule has 0 aliphatic heterocycles. The molecule has 2 rings (SSSR count). The fraction of sp³-hybridized carbons (Fsp3) is 0.182. The Hall–Kier alpha value is -2.17. The van der Waals surface area contributed by atoms with Crippen LogP contribution in [-0.4, -0.2) is 15.7 Å². The molecule has 0 amide bonds. The number of hydrogen-bond donors (Lipinski definition) is 0. The Morgan fingerprint density at radius 1 is 1.44 bits per heavy atom. The first kappa shape index (κ1) is 10.4. The molecule has 5 heteroatoms. The van der Waals surface area contributed by atoms with Gasteiger partial charge in [0.25, 0.3) is 5.56 Å². The summed E-state index contributed by atoms with van der Waals surface area (Å²) in [4.78, 5) is 22.6. The van der Waals surface area contributed by atoms with Crippen LogP contribution in [0, 0.1) is 0 Å². The van der Waals surface area contributed by atoms with Crippen molar-refractivity contribution < 1.29 is 9.90 Å². The van der Waals surface area contributed by atoms with E-state index < -0.39 is 17.6 Å². The molecule has 0 saturated heterocycles. The molecule has 82 valence electrons. The van der Waals surface area contributed by atoms with Crippen LogP contribution in [0.15, 0.2) is 35.3 Å². The summed E-state index contributed by atoms with van der Waals surface area (Å²) in [6.07, 6.45) is 1.47. The molecule has 16 heavy (non-hydrogen) atoms. The van der Waals surface area contributed by atoms with E-state index in [4.69, 9.17) is 0 Å². The van der Waals surface area contributed by atoms with Gasteiger partial charge in [-0.25, -0.2) is 4.68 Å².